The van der Waals surface area contributed by atoms with Crippen molar-refractivity contribution in [1.82, 2.24) is 10.3 Å². The van der Waals surface area contributed by atoms with Crippen LogP contribution in [-0.2, 0) is 4.79 Å². The third kappa shape index (κ3) is 4.24. The first-order valence-corrected chi connectivity index (χ1v) is 6.41. The largest absolute Gasteiger partial charge is 0.384 e. The van der Waals surface area contributed by atoms with Gasteiger partial charge in [0.15, 0.2) is 0 Å². The van der Waals surface area contributed by atoms with Gasteiger partial charge in [0.05, 0.1) is 30.3 Å². The average Bonchev–Trinajstić information content (AvgIpc) is 2.37. The van der Waals surface area contributed by atoms with E-state index in [1.165, 1.54) is 0 Å². The van der Waals surface area contributed by atoms with Crippen molar-refractivity contribution in [1.29, 1.82) is 0 Å². The quantitative estimate of drug-likeness (QED) is 0.769. The highest BCUT2D eigenvalue weighted by molar-refractivity contribution is 5.81. The van der Waals surface area contributed by atoms with Crippen LogP contribution in [0.1, 0.15) is 20.8 Å². The fourth-order valence-electron chi connectivity index (χ4n) is 1.71. The van der Waals surface area contributed by atoms with Crippen molar-refractivity contribution in [3.05, 3.63) is 18.5 Å². The zero-order chi connectivity index (χ0) is 13.4. The van der Waals surface area contributed by atoms with Crippen LogP contribution in [0.2, 0.25) is 0 Å². The topological polar surface area (TPSA) is 57.3 Å². The Morgan fingerprint density at radius 2 is 2.06 bits per heavy atom. The van der Waals surface area contributed by atoms with E-state index in [0.29, 0.717) is 13.1 Å². The third-order valence-electron chi connectivity index (χ3n) is 2.56. The van der Waals surface area contributed by atoms with E-state index in [4.69, 9.17) is 0 Å². The van der Waals surface area contributed by atoms with Crippen molar-refractivity contribution in [3.8, 4) is 0 Å². The molecule has 0 saturated carbocycles. The van der Waals surface area contributed by atoms with E-state index in [2.05, 4.69) is 15.6 Å². The predicted molar refractivity (Wildman–Crippen MR) is 75.0 cm³/mol. The number of hydrogen-bond acceptors (Lipinski definition) is 4. The van der Waals surface area contributed by atoms with E-state index < -0.39 is 0 Å². The Hall–Kier alpha value is -1.78. The monoisotopic (exact) mass is 250 g/mol. The standard InChI is InChI=1S/C13H22N4O/c1-4-15-11-7-12(9-14-8-11)17(6-3)10-13(18)16-5-2/h7-9,15H,4-6,10H2,1-3H3,(H,16,18). The molecule has 0 aliphatic rings. The molecule has 1 rings (SSSR count). The van der Waals surface area contributed by atoms with Crippen molar-refractivity contribution in [2.24, 2.45) is 0 Å². The molecule has 1 heterocycles. The average molecular weight is 250 g/mol. The fraction of sp³-hybridized carbons (Fsp3) is 0.538. The van der Waals surface area contributed by atoms with Gasteiger partial charge in [-0.1, -0.05) is 0 Å². The van der Waals surface area contributed by atoms with E-state index in [9.17, 15) is 4.79 Å². The summed E-state index contributed by atoms with van der Waals surface area (Å²) in [6.45, 7) is 8.63. The molecule has 0 aliphatic carbocycles. The number of nitrogens with zero attached hydrogens (tertiary/aromatic N) is 2. The minimum absolute atomic E-state index is 0.0354. The molecule has 0 atom stereocenters. The van der Waals surface area contributed by atoms with Crippen molar-refractivity contribution in [2.75, 3.05) is 36.4 Å². The molecule has 0 unspecified atom stereocenters. The lowest BCUT2D eigenvalue weighted by atomic mass is 10.3. The second-order valence-corrected chi connectivity index (χ2v) is 3.93. The van der Waals surface area contributed by atoms with Gasteiger partial charge in [-0.3, -0.25) is 9.78 Å². The Morgan fingerprint density at radius 1 is 1.28 bits per heavy atom. The number of carbonyl (C=O) groups excluding carboxylic acids is 1. The van der Waals surface area contributed by atoms with Crippen LogP contribution in [0.5, 0.6) is 0 Å². The zero-order valence-electron chi connectivity index (χ0n) is 11.4. The number of pyridine rings is 1. The number of hydrogen-bond donors (Lipinski definition) is 2. The molecule has 5 nitrogen and oxygen atoms in total. The summed E-state index contributed by atoms with van der Waals surface area (Å²) in [5.41, 5.74) is 1.94. The van der Waals surface area contributed by atoms with Gasteiger partial charge < -0.3 is 15.5 Å². The minimum atomic E-state index is 0.0354. The van der Waals surface area contributed by atoms with Crippen LogP contribution in [0.4, 0.5) is 11.4 Å². The molecule has 1 aromatic heterocycles. The molecule has 18 heavy (non-hydrogen) atoms. The van der Waals surface area contributed by atoms with E-state index in [0.717, 1.165) is 24.5 Å². The number of anilines is 2. The highest BCUT2D eigenvalue weighted by Gasteiger charge is 2.09. The summed E-state index contributed by atoms with van der Waals surface area (Å²) >= 11 is 0. The molecule has 0 bridgehead atoms. The highest BCUT2D eigenvalue weighted by Crippen LogP contribution is 2.17. The maximum Gasteiger partial charge on any atom is 0.239 e. The van der Waals surface area contributed by atoms with Crippen LogP contribution in [0, 0.1) is 0 Å². The Balaban J connectivity index is 2.74. The van der Waals surface area contributed by atoms with Crippen molar-refractivity contribution >= 4 is 17.3 Å². The van der Waals surface area contributed by atoms with Crippen LogP contribution in [0.15, 0.2) is 18.5 Å². The van der Waals surface area contributed by atoms with Crippen LogP contribution < -0.4 is 15.5 Å². The number of aromatic nitrogens is 1. The number of rotatable bonds is 7. The van der Waals surface area contributed by atoms with Crippen LogP contribution in [-0.4, -0.2) is 37.1 Å². The second-order valence-electron chi connectivity index (χ2n) is 3.93. The SMILES string of the molecule is CCNC(=O)CN(CC)c1cncc(NCC)c1. The Morgan fingerprint density at radius 3 is 2.67 bits per heavy atom. The van der Waals surface area contributed by atoms with Gasteiger partial charge in [0.2, 0.25) is 5.91 Å². The predicted octanol–water partition coefficient (Wildman–Crippen LogP) is 1.48. The Bertz CT molecular complexity index is 381. The first-order chi connectivity index (χ1) is 8.71. The summed E-state index contributed by atoms with van der Waals surface area (Å²) in [4.78, 5) is 17.8. The number of likely N-dealkylation sites (N-methyl/N-ethyl adjacent to an activating group) is 2. The summed E-state index contributed by atoms with van der Waals surface area (Å²) in [6.07, 6.45) is 3.57. The van der Waals surface area contributed by atoms with Gasteiger partial charge in [-0.2, -0.15) is 0 Å². The van der Waals surface area contributed by atoms with Crippen molar-refractivity contribution in [3.63, 3.8) is 0 Å². The van der Waals surface area contributed by atoms with E-state index >= 15 is 0 Å². The van der Waals surface area contributed by atoms with Crippen LogP contribution >= 0.6 is 0 Å². The van der Waals surface area contributed by atoms with E-state index in [-0.39, 0.29) is 5.91 Å². The van der Waals surface area contributed by atoms with E-state index in [1.807, 2.05) is 31.7 Å². The van der Waals surface area contributed by atoms with Crippen LogP contribution in [0.3, 0.4) is 0 Å². The van der Waals surface area contributed by atoms with Gasteiger partial charge in [0.1, 0.15) is 0 Å². The fourth-order valence-corrected chi connectivity index (χ4v) is 1.71. The van der Waals surface area contributed by atoms with Crippen molar-refractivity contribution in [2.45, 2.75) is 20.8 Å². The number of carbonyl (C=O) groups is 1. The molecule has 1 aromatic rings. The second kappa shape index (κ2) is 7.53. The maximum absolute atomic E-state index is 11.6. The summed E-state index contributed by atoms with van der Waals surface area (Å²) in [6, 6.07) is 2.01. The molecular weight excluding hydrogens is 228 g/mol. The lowest BCUT2D eigenvalue weighted by molar-refractivity contribution is -0.119. The minimum Gasteiger partial charge on any atom is -0.384 e. The maximum atomic E-state index is 11.6. The highest BCUT2D eigenvalue weighted by atomic mass is 16.2. The van der Waals surface area contributed by atoms with Crippen molar-refractivity contribution < 1.29 is 4.79 Å². The molecule has 1 amide bonds. The molecule has 0 radical (unpaired) electrons. The van der Waals surface area contributed by atoms with Gasteiger partial charge in [0.25, 0.3) is 0 Å². The Labute approximate surface area is 109 Å². The molecular formula is C13H22N4O. The first-order valence-electron chi connectivity index (χ1n) is 6.41. The normalized spacial score (nSPS) is 9.94. The van der Waals surface area contributed by atoms with Gasteiger partial charge in [0, 0.05) is 19.6 Å². The number of amides is 1. The molecule has 0 aromatic carbocycles. The van der Waals surface area contributed by atoms with Gasteiger partial charge in [-0.05, 0) is 26.8 Å². The van der Waals surface area contributed by atoms with Gasteiger partial charge in [-0.15, -0.1) is 0 Å². The first kappa shape index (κ1) is 14.3. The lowest BCUT2D eigenvalue weighted by Gasteiger charge is -2.22. The van der Waals surface area contributed by atoms with Crippen LogP contribution in [0.25, 0.3) is 0 Å². The lowest BCUT2D eigenvalue weighted by Crippen LogP contribution is -2.37. The molecule has 100 valence electrons. The smallest absolute Gasteiger partial charge is 0.239 e. The Kier molecular flexibility index (Phi) is 5.97. The molecule has 0 spiro atoms. The summed E-state index contributed by atoms with van der Waals surface area (Å²) in [5.74, 6) is 0.0354. The molecule has 0 fully saturated rings. The van der Waals surface area contributed by atoms with E-state index in [1.54, 1.807) is 12.4 Å². The third-order valence-corrected chi connectivity index (χ3v) is 2.56. The molecule has 2 N–H and O–H groups in total. The summed E-state index contributed by atoms with van der Waals surface area (Å²) < 4.78 is 0. The number of nitrogens with one attached hydrogen (secondary N) is 2. The summed E-state index contributed by atoms with van der Waals surface area (Å²) in [7, 11) is 0. The molecule has 0 saturated heterocycles. The summed E-state index contributed by atoms with van der Waals surface area (Å²) in [5, 5.41) is 6.02. The van der Waals surface area contributed by atoms with Gasteiger partial charge in [-0.25, -0.2) is 0 Å². The molecule has 5 heteroatoms. The van der Waals surface area contributed by atoms with Gasteiger partial charge >= 0.3 is 0 Å². The molecule has 0 aliphatic heterocycles. The zero-order valence-corrected chi connectivity index (χ0v) is 11.4.